The first kappa shape index (κ1) is 14.3. The van der Waals surface area contributed by atoms with Gasteiger partial charge in [-0.15, -0.1) is 0 Å². The van der Waals surface area contributed by atoms with Crippen molar-refractivity contribution in [1.29, 1.82) is 0 Å². The number of nitrogens with one attached hydrogen (secondary N) is 1. The third kappa shape index (κ3) is 2.89. The van der Waals surface area contributed by atoms with Crippen LogP contribution in [0.5, 0.6) is 0 Å². The van der Waals surface area contributed by atoms with Crippen molar-refractivity contribution in [2.75, 3.05) is 0 Å². The monoisotopic (exact) mass is 275 g/mol. The molecule has 0 aromatic carbocycles. The van der Waals surface area contributed by atoms with Gasteiger partial charge in [0.25, 0.3) is 5.91 Å². The highest BCUT2D eigenvalue weighted by atomic mass is 16.1. The first-order valence-electron chi connectivity index (χ1n) is 6.90. The standard InChI is InChI=1S/C14H21N5O/c1-5-18-8-12(10(3)16-18)7-15-14(20)13-9-19(6-2)17-11(13)4/h8-9H,5-7H2,1-4H3,(H,15,20). The molecule has 2 rings (SSSR count). The Kier molecular flexibility index (Phi) is 4.22. The summed E-state index contributed by atoms with van der Waals surface area (Å²) < 4.78 is 3.64. The van der Waals surface area contributed by atoms with Gasteiger partial charge in [-0.3, -0.25) is 14.2 Å². The van der Waals surface area contributed by atoms with Gasteiger partial charge in [0.2, 0.25) is 0 Å². The minimum absolute atomic E-state index is 0.0918. The van der Waals surface area contributed by atoms with Gasteiger partial charge in [-0.1, -0.05) is 0 Å². The van der Waals surface area contributed by atoms with Crippen molar-refractivity contribution in [3.63, 3.8) is 0 Å². The maximum absolute atomic E-state index is 12.2. The van der Waals surface area contributed by atoms with E-state index in [1.54, 1.807) is 10.9 Å². The fourth-order valence-corrected chi connectivity index (χ4v) is 2.07. The Bertz CT molecular complexity index is 611. The molecule has 6 nitrogen and oxygen atoms in total. The molecule has 0 fully saturated rings. The van der Waals surface area contributed by atoms with Crippen molar-refractivity contribution in [1.82, 2.24) is 24.9 Å². The highest BCUT2D eigenvalue weighted by Crippen LogP contribution is 2.08. The topological polar surface area (TPSA) is 64.7 Å². The SMILES string of the molecule is CCn1cc(CNC(=O)c2cn(CC)nc2C)c(C)n1. The van der Waals surface area contributed by atoms with Gasteiger partial charge in [-0.25, -0.2) is 0 Å². The first-order valence-corrected chi connectivity index (χ1v) is 6.90. The largest absolute Gasteiger partial charge is 0.348 e. The summed E-state index contributed by atoms with van der Waals surface area (Å²) in [6.45, 7) is 9.92. The van der Waals surface area contributed by atoms with Crippen LogP contribution in [0.15, 0.2) is 12.4 Å². The lowest BCUT2D eigenvalue weighted by molar-refractivity contribution is 0.0950. The number of hydrogen-bond donors (Lipinski definition) is 1. The van der Waals surface area contributed by atoms with Crippen LogP contribution in [0.4, 0.5) is 0 Å². The number of aromatic nitrogens is 4. The second-order valence-electron chi connectivity index (χ2n) is 4.76. The molecule has 0 saturated carbocycles. The van der Waals surface area contributed by atoms with Gasteiger partial charge in [0.05, 0.1) is 17.0 Å². The third-order valence-corrected chi connectivity index (χ3v) is 3.33. The zero-order valence-electron chi connectivity index (χ0n) is 12.5. The lowest BCUT2D eigenvalue weighted by Crippen LogP contribution is -2.23. The van der Waals surface area contributed by atoms with Crippen LogP contribution in [0.2, 0.25) is 0 Å². The number of nitrogens with zero attached hydrogens (tertiary/aromatic N) is 4. The Balaban J connectivity index is 2.04. The molecule has 2 heterocycles. The van der Waals surface area contributed by atoms with Gasteiger partial charge in [0.1, 0.15) is 0 Å². The summed E-state index contributed by atoms with van der Waals surface area (Å²) in [6.07, 6.45) is 3.75. The van der Waals surface area contributed by atoms with Gasteiger partial charge in [-0.2, -0.15) is 10.2 Å². The van der Waals surface area contributed by atoms with Gasteiger partial charge in [-0.05, 0) is 27.7 Å². The van der Waals surface area contributed by atoms with E-state index in [1.807, 2.05) is 38.6 Å². The fraction of sp³-hybridized carbons (Fsp3) is 0.500. The molecule has 0 atom stereocenters. The van der Waals surface area contributed by atoms with E-state index in [4.69, 9.17) is 0 Å². The van der Waals surface area contributed by atoms with E-state index in [9.17, 15) is 4.79 Å². The minimum atomic E-state index is -0.0918. The Labute approximate surface area is 118 Å². The van der Waals surface area contributed by atoms with E-state index in [-0.39, 0.29) is 5.91 Å². The highest BCUT2D eigenvalue weighted by molar-refractivity contribution is 5.94. The number of aryl methyl sites for hydroxylation is 4. The van der Waals surface area contributed by atoms with Crippen LogP contribution in [-0.4, -0.2) is 25.5 Å². The van der Waals surface area contributed by atoms with E-state index >= 15 is 0 Å². The molecule has 0 aliphatic carbocycles. The van der Waals surface area contributed by atoms with Gasteiger partial charge < -0.3 is 5.32 Å². The van der Waals surface area contributed by atoms with Crippen LogP contribution < -0.4 is 5.32 Å². The van der Waals surface area contributed by atoms with Crippen molar-refractivity contribution < 1.29 is 4.79 Å². The Morgan fingerprint density at radius 1 is 1.10 bits per heavy atom. The third-order valence-electron chi connectivity index (χ3n) is 3.33. The van der Waals surface area contributed by atoms with Crippen molar-refractivity contribution in [2.24, 2.45) is 0 Å². The van der Waals surface area contributed by atoms with Crippen LogP contribution in [0.25, 0.3) is 0 Å². The molecule has 0 aliphatic rings. The molecule has 0 aliphatic heterocycles. The maximum Gasteiger partial charge on any atom is 0.255 e. The fourth-order valence-electron chi connectivity index (χ4n) is 2.07. The summed E-state index contributed by atoms with van der Waals surface area (Å²) in [5.74, 6) is -0.0918. The van der Waals surface area contributed by atoms with E-state index < -0.39 is 0 Å². The lowest BCUT2D eigenvalue weighted by Gasteiger charge is -2.03. The van der Waals surface area contributed by atoms with Crippen LogP contribution in [0.3, 0.4) is 0 Å². The highest BCUT2D eigenvalue weighted by Gasteiger charge is 2.13. The molecule has 20 heavy (non-hydrogen) atoms. The van der Waals surface area contributed by atoms with Crippen LogP contribution in [0.1, 0.15) is 41.2 Å². The second-order valence-corrected chi connectivity index (χ2v) is 4.76. The summed E-state index contributed by atoms with van der Waals surface area (Å²) in [5, 5.41) is 11.6. The molecule has 108 valence electrons. The molecule has 2 aromatic rings. The predicted octanol–water partition coefficient (Wildman–Crippen LogP) is 1.67. The van der Waals surface area contributed by atoms with Crippen LogP contribution >= 0.6 is 0 Å². The lowest BCUT2D eigenvalue weighted by atomic mass is 10.2. The molecule has 1 N–H and O–H groups in total. The molecular weight excluding hydrogens is 254 g/mol. The Hall–Kier alpha value is -2.11. The normalized spacial score (nSPS) is 10.8. The van der Waals surface area contributed by atoms with E-state index in [1.165, 1.54) is 0 Å². The van der Waals surface area contributed by atoms with Crippen molar-refractivity contribution in [2.45, 2.75) is 47.3 Å². The summed E-state index contributed by atoms with van der Waals surface area (Å²) in [4.78, 5) is 12.2. The van der Waals surface area contributed by atoms with Gasteiger partial charge in [0, 0.05) is 37.6 Å². The zero-order valence-corrected chi connectivity index (χ0v) is 12.5. The number of hydrogen-bond acceptors (Lipinski definition) is 3. The number of carbonyl (C=O) groups is 1. The zero-order chi connectivity index (χ0) is 14.7. The number of rotatable bonds is 5. The van der Waals surface area contributed by atoms with E-state index in [0.29, 0.717) is 12.1 Å². The molecule has 1 amide bonds. The molecule has 0 radical (unpaired) electrons. The average Bonchev–Trinajstić information content (AvgIpc) is 2.99. The van der Waals surface area contributed by atoms with Crippen molar-refractivity contribution in [3.05, 3.63) is 34.9 Å². The minimum Gasteiger partial charge on any atom is -0.348 e. The molecule has 0 saturated heterocycles. The quantitative estimate of drug-likeness (QED) is 0.902. The van der Waals surface area contributed by atoms with Crippen LogP contribution in [-0.2, 0) is 19.6 Å². The summed E-state index contributed by atoms with van der Waals surface area (Å²) in [6, 6.07) is 0. The summed E-state index contributed by atoms with van der Waals surface area (Å²) in [7, 11) is 0. The summed E-state index contributed by atoms with van der Waals surface area (Å²) in [5.41, 5.74) is 3.38. The van der Waals surface area contributed by atoms with E-state index in [2.05, 4.69) is 15.5 Å². The maximum atomic E-state index is 12.2. The average molecular weight is 275 g/mol. The Morgan fingerprint density at radius 2 is 1.70 bits per heavy atom. The molecular formula is C14H21N5O. The molecule has 0 bridgehead atoms. The van der Waals surface area contributed by atoms with Crippen molar-refractivity contribution in [3.8, 4) is 0 Å². The molecule has 0 unspecified atom stereocenters. The smallest absolute Gasteiger partial charge is 0.255 e. The van der Waals surface area contributed by atoms with Gasteiger partial charge in [0.15, 0.2) is 0 Å². The van der Waals surface area contributed by atoms with E-state index in [0.717, 1.165) is 30.0 Å². The molecule has 6 heteroatoms. The molecule has 2 aromatic heterocycles. The number of amides is 1. The molecule has 0 spiro atoms. The van der Waals surface area contributed by atoms with Crippen molar-refractivity contribution >= 4 is 5.91 Å². The summed E-state index contributed by atoms with van der Waals surface area (Å²) >= 11 is 0. The van der Waals surface area contributed by atoms with Gasteiger partial charge >= 0.3 is 0 Å². The Morgan fingerprint density at radius 3 is 2.25 bits per heavy atom. The predicted molar refractivity (Wildman–Crippen MR) is 76.4 cm³/mol. The number of carbonyl (C=O) groups excluding carboxylic acids is 1. The first-order chi connectivity index (χ1) is 9.55. The second kappa shape index (κ2) is 5.90. The van der Waals surface area contributed by atoms with Crippen LogP contribution in [0, 0.1) is 13.8 Å².